The Morgan fingerprint density at radius 2 is 1.76 bits per heavy atom. The maximum absolute atomic E-state index is 13.5. The Labute approximate surface area is 189 Å². The highest BCUT2D eigenvalue weighted by atomic mass is 19.1. The summed E-state index contributed by atoms with van der Waals surface area (Å²) in [6.45, 7) is 6.53. The molecule has 2 aliphatic heterocycles. The fraction of sp³-hybridized carbons (Fsp3) is 0.348. The highest BCUT2D eigenvalue weighted by molar-refractivity contribution is 5.95. The first kappa shape index (κ1) is 21.5. The van der Waals surface area contributed by atoms with Gasteiger partial charge in [0.1, 0.15) is 18.0 Å². The van der Waals surface area contributed by atoms with Crippen molar-refractivity contribution in [3.8, 4) is 5.69 Å². The lowest BCUT2D eigenvalue weighted by molar-refractivity contribution is -0.0746. The van der Waals surface area contributed by atoms with Crippen molar-refractivity contribution in [1.82, 2.24) is 24.6 Å². The number of halogens is 2. The Morgan fingerprint density at radius 1 is 1.03 bits per heavy atom. The summed E-state index contributed by atoms with van der Waals surface area (Å²) in [5.74, 6) is -1.16. The number of aromatic nitrogens is 3. The Bertz CT molecular complexity index is 1150. The topological polar surface area (TPSA) is 75.5 Å². The lowest BCUT2D eigenvalue weighted by Crippen LogP contribution is -2.57. The summed E-state index contributed by atoms with van der Waals surface area (Å²) >= 11 is 0. The number of hydrogen-bond donors (Lipinski definition) is 1. The van der Waals surface area contributed by atoms with Gasteiger partial charge in [0, 0.05) is 43.5 Å². The molecule has 8 nitrogen and oxygen atoms in total. The van der Waals surface area contributed by atoms with Gasteiger partial charge in [0.05, 0.1) is 24.9 Å². The van der Waals surface area contributed by atoms with Crippen molar-refractivity contribution in [2.24, 2.45) is 0 Å². The third-order valence-electron chi connectivity index (χ3n) is 5.92. The molecule has 0 bridgehead atoms. The first-order valence-electron chi connectivity index (χ1n) is 10.8. The molecule has 0 radical (unpaired) electrons. The zero-order valence-electron chi connectivity index (χ0n) is 18.2. The Morgan fingerprint density at radius 3 is 2.42 bits per heavy atom. The molecule has 2 aromatic carbocycles. The monoisotopic (exact) mass is 454 g/mol. The van der Waals surface area contributed by atoms with Crippen LogP contribution in [0, 0.1) is 18.6 Å². The van der Waals surface area contributed by atoms with Crippen molar-refractivity contribution in [1.29, 1.82) is 0 Å². The molecule has 0 atom stereocenters. The van der Waals surface area contributed by atoms with Crippen LogP contribution in [0.1, 0.15) is 15.9 Å². The van der Waals surface area contributed by atoms with Gasteiger partial charge in [-0.2, -0.15) is 4.98 Å². The number of ether oxygens (including phenoxy) is 1. The number of carbonyl (C=O) groups is 1. The Kier molecular flexibility index (Phi) is 5.77. The molecule has 1 N–H and O–H groups in total. The van der Waals surface area contributed by atoms with E-state index < -0.39 is 11.6 Å². The van der Waals surface area contributed by atoms with Crippen LogP contribution in [0.5, 0.6) is 0 Å². The summed E-state index contributed by atoms with van der Waals surface area (Å²) in [7, 11) is 0. The van der Waals surface area contributed by atoms with Crippen LogP contribution < -0.4 is 5.32 Å². The van der Waals surface area contributed by atoms with E-state index in [9.17, 15) is 13.6 Å². The minimum Gasteiger partial charge on any atom is -0.378 e. The van der Waals surface area contributed by atoms with Crippen LogP contribution in [0.4, 0.5) is 20.4 Å². The number of anilines is 2. The zero-order chi connectivity index (χ0) is 22.9. The second kappa shape index (κ2) is 8.87. The predicted molar refractivity (Wildman–Crippen MR) is 118 cm³/mol. The van der Waals surface area contributed by atoms with Gasteiger partial charge in [-0.05, 0) is 42.8 Å². The van der Waals surface area contributed by atoms with E-state index in [1.165, 1.54) is 23.1 Å². The molecule has 172 valence electrons. The average molecular weight is 454 g/mol. The second-order valence-corrected chi connectivity index (χ2v) is 8.37. The maximum atomic E-state index is 13.5. The lowest BCUT2D eigenvalue weighted by atomic mass is 10.1. The molecule has 2 saturated heterocycles. The summed E-state index contributed by atoms with van der Waals surface area (Å²) in [6.07, 6.45) is 1.37. The number of amides is 1. The highest BCUT2D eigenvalue weighted by Gasteiger charge is 2.30. The van der Waals surface area contributed by atoms with E-state index in [1.807, 2.05) is 24.0 Å². The number of hydrogen-bond acceptors (Lipinski definition) is 6. The highest BCUT2D eigenvalue weighted by Crippen LogP contribution is 2.21. The molecule has 1 amide bonds. The molecule has 0 unspecified atom stereocenters. The van der Waals surface area contributed by atoms with E-state index in [0.717, 1.165) is 37.9 Å². The molecular formula is C23H24F2N6O2. The van der Waals surface area contributed by atoms with E-state index >= 15 is 0 Å². The zero-order valence-corrected chi connectivity index (χ0v) is 18.2. The molecule has 3 aromatic rings. The smallest absolute Gasteiger partial charge is 0.254 e. The average Bonchev–Trinajstić information content (AvgIpc) is 3.20. The van der Waals surface area contributed by atoms with E-state index in [2.05, 4.69) is 20.3 Å². The van der Waals surface area contributed by atoms with Crippen LogP contribution in [0.25, 0.3) is 5.69 Å². The number of rotatable bonds is 5. The van der Waals surface area contributed by atoms with Crippen LogP contribution in [0.2, 0.25) is 0 Å². The van der Waals surface area contributed by atoms with E-state index in [1.54, 1.807) is 6.07 Å². The number of carbonyl (C=O) groups excluding carboxylic acids is 1. The standard InChI is InChI=1S/C23H24F2N6O2/c1-15-6-16(22(32)30-4-2-29(3-5-30)21-12-33-13-21)8-19(7-15)27-23-26-14-31(28-23)20-10-17(24)9-18(25)11-20/h6-11,14,21H,2-5,12-13H2,1H3,(H,27,28). The number of aryl methyl sites for hydroxylation is 1. The summed E-state index contributed by atoms with van der Waals surface area (Å²) in [5, 5.41) is 7.32. The predicted octanol–water partition coefficient (Wildman–Crippen LogP) is 2.75. The number of piperazine rings is 1. The maximum Gasteiger partial charge on any atom is 0.254 e. The molecule has 0 saturated carbocycles. The summed E-state index contributed by atoms with van der Waals surface area (Å²) in [5.41, 5.74) is 2.39. The van der Waals surface area contributed by atoms with Crippen LogP contribution >= 0.6 is 0 Å². The Hall–Kier alpha value is -3.37. The molecule has 3 heterocycles. The summed E-state index contributed by atoms with van der Waals surface area (Å²) in [4.78, 5) is 21.5. The van der Waals surface area contributed by atoms with Gasteiger partial charge in [0.15, 0.2) is 0 Å². The quantitative estimate of drug-likeness (QED) is 0.639. The van der Waals surface area contributed by atoms with Gasteiger partial charge in [-0.1, -0.05) is 0 Å². The van der Waals surface area contributed by atoms with Crippen LogP contribution in [-0.4, -0.2) is 75.9 Å². The van der Waals surface area contributed by atoms with Crippen molar-refractivity contribution in [2.45, 2.75) is 13.0 Å². The lowest BCUT2D eigenvalue weighted by Gasteiger charge is -2.42. The van der Waals surface area contributed by atoms with Gasteiger partial charge >= 0.3 is 0 Å². The SMILES string of the molecule is Cc1cc(Nc2ncn(-c3cc(F)cc(F)c3)n2)cc(C(=O)N2CCN(C3COC3)CC2)c1. The second-order valence-electron chi connectivity index (χ2n) is 8.37. The normalized spacial score (nSPS) is 17.1. The molecule has 0 aliphatic carbocycles. The van der Waals surface area contributed by atoms with E-state index in [-0.39, 0.29) is 17.5 Å². The summed E-state index contributed by atoms with van der Waals surface area (Å²) < 4.78 is 33.6. The van der Waals surface area contributed by atoms with Crippen LogP contribution in [-0.2, 0) is 4.74 Å². The molecule has 2 aliphatic rings. The minimum atomic E-state index is -0.696. The molecule has 5 rings (SSSR count). The number of nitrogens with one attached hydrogen (secondary N) is 1. The van der Waals surface area contributed by atoms with Gasteiger partial charge in [0.25, 0.3) is 5.91 Å². The number of nitrogens with zero attached hydrogens (tertiary/aromatic N) is 5. The number of benzene rings is 2. The fourth-order valence-corrected chi connectivity index (χ4v) is 4.13. The van der Waals surface area contributed by atoms with Crippen molar-refractivity contribution in [3.05, 3.63) is 65.5 Å². The van der Waals surface area contributed by atoms with E-state index in [0.29, 0.717) is 30.4 Å². The third-order valence-corrected chi connectivity index (χ3v) is 5.92. The van der Waals surface area contributed by atoms with Gasteiger partial charge in [-0.3, -0.25) is 9.69 Å². The molecule has 2 fully saturated rings. The van der Waals surface area contributed by atoms with Gasteiger partial charge in [-0.25, -0.2) is 13.5 Å². The van der Waals surface area contributed by atoms with Gasteiger partial charge in [-0.15, -0.1) is 5.10 Å². The van der Waals surface area contributed by atoms with Gasteiger partial charge in [0.2, 0.25) is 5.95 Å². The van der Waals surface area contributed by atoms with Crippen LogP contribution in [0.15, 0.2) is 42.7 Å². The largest absolute Gasteiger partial charge is 0.378 e. The van der Waals surface area contributed by atoms with Gasteiger partial charge < -0.3 is 15.0 Å². The minimum absolute atomic E-state index is 0.0139. The Balaban J connectivity index is 1.28. The first-order valence-corrected chi connectivity index (χ1v) is 10.8. The van der Waals surface area contributed by atoms with Crippen molar-refractivity contribution < 1.29 is 18.3 Å². The summed E-state index contributed by atoms with van der Waals surface area (Å²) in [6, 6.07) is 9.13. The van der Waals surface area contributed by atoms with Crippen molar-refractivity contribution in [2.75, 3.05) is 44.7 Å². The van der Waals surface area contributed by atoms with E-state index in [4.69, 9.17) is 4.74 Å². The van der Waals surface area contributed by atoms with Crippen molar-refractivity contribution in [3.63, 3.8) is 0 Å². The molecule has 1 aromatic heterocycles. The third kappa shape index (κ3) is 4.71. The molecule has 10 heteroatoms. The fourth-order valence-electron chi connectivity index (χ4n) is 4.13. The molecule has 0 spiro atoms. The first-order chi connectivity index (χ1) is 15.9. The molecular weight excluding hydrogens is 430 g/mol. The van der Waals surface area contributed by atoms with Crippen LogP contribution in [0.3, 0.4) is 0 Å². The van der Waals surface area contributed by atoms with Crippen molar-refractivity contribution >= 4 is 17.5 Å². The molecule has 33 heavy (non-hydrogen) atoms.